The van der Waals surface area contributed by atoms with Crippen molar-refractivity contribution in [3.63, 3.8) is 0 Å². The van der Waals surface area contributed by atoms with Crippen LogP contribution in [0, 0.1) is 0 Å². The molecule has 2 nitrogen and oxygen atoms in total. The van der Waals surface area contributed by atoms with Crippen molar-refractivity contribution in [2.75, 3.05) is 6.61 Å². The molecular weight excluding hydrogens is 174 g/mol. The Hall–Kier alpha value is -1.02. The van der Waals surface area contributed by atoms with E-state index in [1.54, 1.807) is 0 Å². The van der Waals surface area contributed by atoms with Crippen LogP contribution in [0.3, 0.4) is 0 Å². The smallest absolute Gasteiger partial charge is 0.119 e. The molecule has 1 aromatic carbocycles. The van der Waals surface area contributed by atoms with Gasteiger partial charge in [-0.05, 0) is 25.0 Å². The van der Waals surface area contributed by atoms with Gasteiger partial charge in [0.15, 0.2) is 0 Å². The fourth-order valence-corrected chi connectivity index (χ4v) is 1.36. The molecule has 14 heavy (non-hydrogen) atoms. The minimum atomic E-state index is 0.281. The van der Waals surface area contributed by atoms with E-state index in [0.29, 0.717) is 6.61 Å². The molecule has 0 aliphatic carbocycles. The minimum absolute atomic E-state index is 0.281. The molecule has 2 N–H and O–H groups in total. The Bertz CT molecular complexity index is 235. The average Bonchev–Trinajstić information content (AvgIpc) is 2.20. The van der Waals surface area contributed by atoms with Gasteiger partial charge >= 0.3 is 0 Å². The maximum Gasteiger partial charge on any atom is 0.119 e. The van der Waals surface area contributed by atoms with Crippen molar-refractivity contribution in [3.8, 4) is 5.75 Å². The molecule has 2 heteroatoms. The standard InChI is InChI=1S/C12H19NO/c1-2-6-11(13)9-10-14-12-7-4-3-5-8-12/h3-5,7-8,11H,2,6,9-10,13H2,1H3. The van der Waals surface area contributed by atoms with E-state index in [9.17, 15) is 0 Å². The Morgan fingerprint density at radius 2 is 1.93 bits per heavy atom. The van der Waals surface area contributed by atoms with Crippen LogP contribution in [0.4, 0.5) is 0 Å². The van der Waals surface area contributed by atoms with Gasteiger partial charge in [0.1, 0.15) is 5.75 Å². The third kappa shape index (κ3) is 4.28. The van der Waals surface area contributed by atoms with Crippen LogP contribution in [0.2, 0.25) is 0 Å². The second-order valence-corrected chi connectivity index (χ2v) is 3.50. The highest BCUT2D eigenvalue weighted by Gasteiger charge is 2.00. The lowest BCUT2D eigenvalue weighted by molar-refractivity contribution is 0.294. The van der Waals surface area contributed by atoms with Crippen LogP contribution in [-0.4, -0.2) is 12.6 Å². The Kier molecular flexibility index (Phi) is 5.08. The topological polar surface area (TPSA) is 35.2 Å². The molecule has 0 fully saturated rings. The molecule has 0 spiro atoms. The molecule has 0 aromatic heterocycles. The largest absolute Gasteiger partial charge is 0.494 e. The Morgan fingerprint density at radius 1 is 1.21 bits per heavy atom. The molecule has 0 aliphatic rings. The fourth-order valence-electron chi connectivity index (χ4n) is 1.36. The number of nitrogens with two attached hydrogens (primary N) is 1. The first-order valence-electron chi connectivity index (χ1n) is 5.26. The number of rotatable bonds is 6. The first kappa shape index (κ1) is 11.1. The zero-order valence-electron chi connectivity index (χ0n) is 8.78. The summed E-state index contributed by atoms with van der Waals surface area (Å²) >= 11 is 0. The molecule has 0 amide bonds. The molecule has 0 saturated heterocycles. The van der Waals surface area contributed by atoms with Gasteiger partial charge in [-0.1, -0.05) is 31.5 Å². The van der Waals surface area contributed by atoms with E-state index >= 15 is 0 Å². The second-order valence-electron chi connectivity index (χ2n) is 3.50. The van der Waals surface area contributed by atoms with Crippen LogP contribution in [-0.2, 0) is 0 Å². The maximum absolute atomic E-state index is 5.87. The van der Waals surface area contributed by atoms with Gasteiger partial charge in [-0.3, -0.25) is 0 Å². The quantitative estimate of drug-likeness (QED) is 0.753. The zero-order valence-corrected chi connectivity index (χ0v) is 8.78. The van der Waals surface area contributed by atoms with Crippen LogP contribution >= 0.6 is 0 Å². The van der Waals surface area contributed by atoms with E-state index in [1.165, 1.54) is 0 Å². The molecule has 0 bridgehead atoms. The molecule has 1 atom stereocenters. The number of benzene rings is 1. The van der Waals surface area contributed by atoms with E-state index in [-0.39, 0.29) is 6.04 Å². The van der Waals surface area contributed by atoms with Crippen molar-refractivity contribution in [1.29, 1.82) is 0 Å². The van der Waals surface area contributed by atoms with Gasteiger partial charge in [-0.15, -0.1) is 0 Å². The number of hydrogen-bond donors (Lipinski definition) is 1. The van der Waals surface area contributed by atoms with Crippen LogP contribution < -0.4 is 10.5 Å². The van der Waals surface area contributed by atoms with Crippen LogP contribution in [0.25, 0.3) is 0 Å². The summed E-state index contributed by atoms with van der Waals surface area (Å²) in [6.07, 6.45) is 3.16. The zero-order chi connectivity index (χ0) is 10.2. The first-order valence-corrected chi connectivity index (χ1v) is 5.26. The Labute approximate surface area is 86.1 Å². The molecule has 1 rings (SSSR count). The van der Waals surface area contributed by atoms with Crippen molar-refractivity contribution >= 4 is 0 Å². The van der Waals surface area contributed by atoms with Crippen LogP contribution in [0.15, 0.2) is 30.3 Å². The summed E-state index contributed by atoms with van der Waals surface area (Å²) in [5, 5.41) is 0. The number of para-hydroxylation sites is 1. The van der Waals surface area contributed by atoms with Crippen molar-refractivity contribution in [1.82, 2.24) is 0 Å². The lowest BCUT2D eigenvalue weighted by Crippen LogP contribution is -2.22. The summed E-state index contributed by atoms with van der Waals surface area (Å²) in [6.45, 7) is 2.86. The van der Waals surface area contributed by atoms with Gasteiger partial charge in [-0.2, -0.15) is 0 Å². The number of hydrogen-bond acceptors (Lipinski definition) is 2. The number of ether oxygens (including phenoxy) is 1. The predicted octanol–water partition coefficient (Wildman–Crippen LogP) is 2.58. The van der Waals surface area contributed by atoms with Gasteiger partial charge in [0.2, 0.25) is 0 Å². The molecule has 0 heterocycles. The van der Waals surface area contributed by atoms with Crippen LogP contribution in [0.1, 0.15) is 26.2 Å². The molecule has 1 aromatic rings. The highest BCUT2D eigenvalue weighted by Crippen LogP contribution is 2.09. The lowest BCUT2D eigenvalue weighted by Gasteiger charge is -2.10. The minimum Gasteiger partial charge on any atom is -0.494 e. The van der Waals surface area contributed by atoms with Crippen LogP contribution in [0.5, 0.6) is 5.75 Å². The van der Waals surface area contributed by atoms with Gasteiger partial charge in [0, 0.05) is 6.04 Å². The summed E-state index contributed by atoms with van der Waals surface area (Å²) in [5.74, 6) is 0.927. The SMILES string of the molecule is CCCC(N)CCOc1ccccc1. The van der Waals surface area contributed by atoms with E-state index in [0.717, 1.165) is 25.0 Å². The van der Waals surface area contributed by atoms with Gasteiger partial charge in [0.05, 0.1) is 6.61 Å². The van der Waals surface area contributed by atoms with E-state index in [1.807, 2.05) is 30.3 Å². The van der Waals surface area contributed by atoms with E-state index in [4.69, 9.17) is 10.5 Å². The summed E-state index contributed by atoms with van der Waals surface area (Å²) in [5.41, 5.74) is 5.87. The summed E-state index contributed by atoms with van der Waals surface area (Å²) in [4.78, 5) is 0. The molecule has 1 unspecified atom stereocenters. The highest BCUT2D eigenvalue weighted by atomic mass is 16.5. The summed E-state index contributed by atoms with van der Waals surface area (Å²) in [7, 11) is 0. The maximum atomic E-state index is 5.87. The first-order chi connectivity index (χ1) is 6.83. The van der Waals surface area contributed by atoms with E-state index in [2.05, 4.69) is 6.92 Å². The Balaban J connectivity index is 2.16. The molecule has 0 radical (unpaired) electrons. The average molecular weight is 193 g/mol. The third-order valence-electron chi connectivity index (χ3n) is 2.16. The fraction of sp³-hybridized carbons (Fsp3) is 0.500. The summed E-state index contributed by atoms with van der Waals surface area (Å²) in [6, 6.07) is 10.1. The van der Waals surface area contributed by atoms with Gasteiger partial charge in [-0.25, -0.2) is 0 Å². The third-order valence-corrected chi connectivity index (χ3v) is 2.16. The normalized spacial score (nSPS) is 12.4. The second kappa shape index (κ2) is 6.44. The molecule has 0 saturated carbocycles. The molecule has 0 aliphatic heterocycles. The lowest BCUT2D eigenvalue weighted by atomic mass is 10.1. The van der Waals surface area contributed by atoms with Crippen molar-refractivity contribution < 1.29 is 4.74 Å². The van der Waals surface area contributed by atoms with Gasteiger partial charge < -0.3 is 10.5 Å². The van der Waals surface area contributed by atoms with E-state index < -0.39 is 0 Å². The predicted molar refractivity (Wildman–Crippen MR) is 59.4 cm³/mol. The van der Waals surface area contributed by atoms with Crippen molar-refractivity contribution in [2.24, 2.45) is 5.73 Å². The Morgan fingerprint density at radius 3 is 2.57 bits per heavy atom. The summed E-state index contributed by atoms with van der Waals surface area (Å²) < 4.78 is 5.54. The monoisotopic (exact) mass is 193 g/mol. The highest BCUT2D eigenvalue weighted by molar-refractivity contribution is 5.20. The van der Waals surface area contributed by atoms with Crippen molar-refractivity contribution in [2.45, 2.75) is 32.2 Å². The molecule has 78 valence electrons. The van der Waals surface area contributed by atoms with Crippen molar-refractivity contribution in [3.05, 3.63) is 30.3 Å². The molecular formula is C12H19NO. The van der Waals surface area contributed by atoms with Gasteiger partial charge in [0.25, 0.3) is 0 Å².